The van der Waals surface area contributed by atoms with Crippen LogP contribution in [-0.4, -0.2) is 35.3 Å². The monoisotopic (exact) mass is 301 g/mol. The van der Waals surface area contributed by atoms with Crippen LogP contribution < -0.4 is 4.90 Å². The molecule has 1 aliphatic heterocycles. The first-order valence-corrected chi connectivity index (χ1v) is 7.43. The van der Waals surface area contributed by atoms with E-state index < -0.39 is 0 Å². The van der Waals surface area contributed by atoms with Gasteiger partial charge in [0.05, 0.1) is 18.3 Å². The summed E-state index contributed by atoms with van der Waals surface area (Å²) in [6, 6.07) is 3.65. The number of pyridine rings is 1. The van der Waals surface area contributed by atoms with Gasteiger partial charge in [-0.15, -0.1) is 0 Å². The molecule has 6 nitrogen and oxygen atoms in total. The van der Waals surface area contributed by atoms with E-state index in [1.807, 2.05) is 12.1 Å². The molecular formula is C16H19N3O3. The Morgan fingerprint density at radius 1 is 1.36 bits per heavy atom. The highest BCUT2D eigenvalue weighted by Crippen LogP contribution is 2.23. The summed E-state index contributed by atoms with van der Waals surface area (Å²) in [5.74, 6) is 0.423. The minimum Gasteiger partial charge on any atom is -0.376 e. The van der Waals surface area contributed by atoms with Crippen LogP contribution in [0.15, 0.2) is 29.0 Å². The van der Waals surface area contributed by atoms with Crippen LogP contribution in [0, 0.1) is 13.8 Å². The highest BCUT2D eigenvalue weighted by Gasteiger charge is 2.28. The Morgan fingerprint density at radius 2 is 2.14 bits per heavy atom. The van der Waals surface area contributed by atoms with Crippen LogP contribution in [0.25, 0.3) is 0 Å². The Bertz CT molecular complexity index is 628. The molecule has 1 aliphatic rings. The van der Waals surface area contributed by atoms with Crippen molar-refractivity contribution in [1.29, 1.82) is 0 Å². The third-order valence-corrected chi connectivity index (χ3v) is 3.88. The second-order valence-corrected chi connectivity index (χ2v) is 5.46. The van der Waals surface area contributed by atoms with E-state index in [-0.39, 0.29) is 12.0 Å². The summed E-state index contributed by atoms with van der Waals surface area (Å²) >= 11 is 0. The van der Waals surface area contributed by atoms with Crippen molar-refractivity contribution in [2.75, 3.05) is 18.1 Å². The van der Waals surface area contributed by atoms with Crippen LogP contribution in [0.4, 0.5) is 5.69 Å². The van der Waals surface area contributed by atoms with E-state index in [1.54, 1.807) is 31.1 Å². The molecule has 1 saturated heterocycles. The molecule has 1 atom stereocenters. The van der Waals surface area contributed by atoms with Gasteiger partial charge in [-0.1, -0.05) is 5.16 Å². The molecule has 0 radical (unpaired) electrons. The molecule has 116 valence electrons. The van der Waals surface area contributed by atoms with E-state index in [4.69, 9.17) is 9.26 Å². The molecule has 0 aromatic carbocycles. The number of aryl methyl sites for hydroxylation is 2. The fraction of sp³-hybridized carbons (Fsp3) is 0.438. The van der Waals surface area contributed by atoms with Crippen LogP contribution in [0.1, 0.15) is 34.7 Å². The second kappa shape index (κ2) is 6.27. The highest BCUT2D eigenvalue weighted by molar-refractivity contribution is 6.07. The predicted molar refractivity (Wildman–Crippen MR) is 80.9 cm³/mol. The lowest BCUT2D eigenvalue weighted by atomic mass is 10.1. The molecule has 6 heteroatoms. The second-order valence-electron chi connectivity index (χ2n) is 5.46. The minimum absolute atomic E-state index is 0.0672. The summed E-state index contributed by atoms with van der Waals surface area (Å²) < 4.78 is 10.8. The van der Waals surface area contributed by atoms with Crippen molar-refractivity contribution in [3.8, 4) is 0 Å². The number of ether oxygens (including phenoxy) is 1. The maximum atomic E-state index is 13.0. The number of hydrogen-bond donors (Lipinski definition) is 0. The number of rotatable bonds is 4. The molecule has 0 saturated carbocycles. The molecule has 1 fully saturated rings. The summed E-state index contributed by atoms with van der Waals surface area (Å²) in [6.07, 6.45) is 5.43. The van der Waals surface area contributed by atoms with Crippen molar-refractivity contribution in [2.45, 2.75) is 32.8 Å². The average Bonchev–Trinajstić information content (AvgIpc) is 3.15. The molecule has 0 spiro atoms. The third kappa shape index (κ3) is 2.87. The molecule has 1 amide bonds. The zero-order valence-electron chi connectivity index (χ0n) is 12.8. The first-order chi connectivity index (χ1) is 10.7. The molecule has 0 bridgehead atoms. The van der Waals surface area contributed by atoms with Gasteiger partial charge < -0.3 is 14.2 Å². The lowest BCUT2D eigenvalue weighted by Gasteiger charge is -2.25. The van der Waals surface area contributed by atoms with Crippen molar-refractivity contribution in [3.05, 3.63) is 41.5 Å². The topological polar surface area (TPSA) is 68.5 Å². The summed E-state index contributed by atoms with van der Waals surface area (Å²) in [4.78, 5) is 18.7. The van der Waals surface area contributed by atoms with Gasteiger partial charge in [-0.05, 0) is 38.8 Å². The fourth-order valence-corrected chi connectivity index (χ4v) is 2.74. The SMILES string of the molecule is Cc1noc(C)c1C(=O)N(CC1CCCO1)c1ccncc1. The van der Waals surface area contributed by atoms with Gasteiger partial charge >= 0.3 is 0 Å². The normalized spacial score (nSPS) is 17.6. The van der Waals surface area contributed by atoms with Gasteiger partial charge in [0.2, 0.25) is 0 Å². The van der Waals surface area contributed by atoms with Crippen LogP contribution in [0.3, 0.4) is 0 Å². The molecule has 0 aliphatic carbocycles. The number of hydrogen-bond acceptors (Lipinski definition) is 5. The van der Waals surface area contributed by atoms with Gasteiger partial charge in [-0.25, -0.2) is 0 Å². The van der Waals surface area contributed by atoms with Crippen molar-refractivity contribution >= 4 is 11.6 Å². The van der Waals surface area contributed by atoms with Gasteiger partial charge in [-0.3, -0.25) is 9.78 Å². The molecule has 1 unspecified atom stereocenters. The Hall–Kier alpha value is -2.21. The summed E-state index contributed by atoms with van der Waals surface area (Å²) in [6.45, 7) is 4.81. The molecule has 22 heavy (non-hydrogen) atoms. The lowest BCUT2D eigenvalue weighted by Crippen LogP contribution is -2.38. The Labute approximate surface area is 129 Å². The minimum atomic E-state index is -0.113. The largest absolute Gasteiger partial charge is 0.376 e. The highest BCUT2D eigenvalue weighted by atomic mass is 16.5. The summed E-state index contributed by atoms with van der Waals surface area (Å²) in [5, 5.41) is 3.88. The quantitative estimate of drug-likeness (QED) is 0.868. The maximum absolute atomic E-state index is 13.0. The first-order valence-electron chi connectivity index (χ1n) is 7.43. The van der Waals surface area contributed by atoms with E-state index in [0.29, 0.717) is 23.6 Å². The van der Waals surface area contributed by atoms with E-state index in [2.05, 4.69) is 10.1 Å². The Morgan fingerprint density at radius 3 is 2.73 bits per heavy atom. The van der Waals surface area contributed by atoms with E-state index >= 15 is 0 Å². The zero-order chi connectivity index (χ0) is 15.5. The Balaban J connectivity index is 1.92. The average molecular weight is 301 g/mol. The molecule has 0 N–H and O–H groups in total. The van der Waals surface area contributed by atoms with Crippen molar-refractivity contribution in [1.82, 2.24) is 10.1 Å². The molecule has 3 rings (SSSR count). The molecule has 2 aromatic heterocycles. The standard InChI is InChI=1S/C16H19N3O3/c1-11-15(12(2)22-18-11)16(20)19(10-14-4-3-9-21-14)13-5-7-17-8-6-13/h5-8,14H,3-4,9-10H2,1-2H3. The number of carbonyl (C=O) groups excluding carboxylic acids is 1. The van der Waals surface area contributed by atoms with Crippen LogP contribution in [0.5, 0.6) is 0 Å². The van der Waals surface area contributed by atoms with Crippen LogP contribution in [-0.2, 0) is 4.74 Å². The van der Waals surface area contributed by atoms with E-state index in [0.717, 1.165) is 25.1 Å². The van der Waals surface area contributed by atoms with Crippen LogP contribution >= 0.6 is 0 Å². The van der Waals surface area contributed by atoms with Crippen molar-refractivity contribution in [3.63, 3.8) is 0 Å². The van der Waals surface area contributed by atoms with Crippen molar-refractivity contribution < 1.29 is 14.1 Å². The summed E-state index contributed by atoms with van der Waals surface area (Å²) in [7, 11) is 0. The third-order valence-electron chi connectivity index (χ3n) is 3.88. The molecule has 3 heterocycles. The zero-order valence-corrected chi connectivity index (χ0v) is 12.8. The van der Waals surface area contributed by atoms with Gasteiger partial charge in [0.15, 0.2) is 0 Å². The molecule has 2 aromatic rings. The predicted octanol–water partition coefficient (Wildman–Crippen LogP) is 2.51. The van der Waals surface area contributed by atoms with Gasteiger partial charge in [0, 0.05) is 24.7 Å². The Kier molecular flexibility index (Phi) is 4.20. The van der Waals surface area contributed by atoms with E-state index in [9.17, 15) is 4.79 Å². The smallest absolute Gasteiger partial charge is 0.263 e. The molecular weight excluding hydrogens is 282 g/mol. The van der Waals surface area contributed by atoms with Gasteiger partial charge in [0.1, 0.15) is 11.3 Å². The number of aromatic nitrogens is 2. The maximum Gasteiger partial charge on any atom is 0.263 e. The summed E-state index contributed by atoms with van der Waals surface area (Å²) in [5.41, 5.74) is 1.93. The number of nitrogens with zero attached hydrogens (tertiary/aromatic N) is 3. The lowest BCUT2D eigenvalue weighted by molar-refractivity contribution is 0.0915. The fourth-order valence-electron chi connectivity index (χ4n) is 2.74. The van der Waals surface area contributed by atoms with Crippen molar-refractivity contribution in [2.24, 2.45) is 0 Å². The number of carbonyl (C=O) groups is 1. The number of amides is 1. The van der Waals surface area contributed by atoms with Gasteiger partial charge in [0.25, 0.3) is 5.91 Å². The number of anilines is 1. The van der Waals surface area contributed by atoms with Crippen LogP contribution in [0.2, 0.25) is 0 Å². The first kappa shape index (κ1) is 14.7. The van der Waals surface area contributed by atoms with E-state index in [1.165, 1.54) is 0 Å². The van der Waals surface area contributed by atoms with Gasteiger partial charge in [-0.2, -0.15) is 0 Å².